The maximum absolute atomic E-state index is 11.7. The number of phenols is 2. The van der Waals surface area contributed by atoms with Crippen LogP contribution in [0.2, 0.25) is 0 Å². The number of aryl methyl sites for hydroxylation is 6. The van der Waals surface area contributed by atoms with Crippen LogP contribution in [0.15, 0.2) is 48.5 Å². The van der Waals surface area contributed by atoms with Crippen molar-refractivity contribution in [2.45, 2.75) is 154 Å². The summed E-state index contributed by atoms with van der Waals surface area (Å²) in [6.07, 6.45) is 7.23. The van der Waals surface area contributed by atoms with Crippen LogP contribution in [0.5, 0.6) is 34.5 Å². The predicted molar refractivity (Wildman–Crippen MR) is 233 cm³/mol. The molecular formula is C48H64O4S2. The molecule has 0 radical (unpaired) electrons. The molecule has 54 heavy (non-hydrogen) atoms. The molecule has 6 heteroatoms. The Morgan fingerprint density at radius 2 is 0.852 bits per heavy atom. The Labute approximate surface area is 334 Å². The second-order valence-corrected chi connectivity index (χ2v) is 20.3. The highest BCUT2D eigenvalue weighted by Gasteiger charge is 2.28. The van der Waals surface area contributed by atoms with Gasteiger partial charge in [0.15, 0.2) is 23.0 Å². The zero-order chi connectivity index (χ0) is 39.5. The van der Waals surface area contributed by atoms with Gasteiger partial charge in [0.05, 0.1) is 0 Å². The van der Waals surface area contributed by atoms with Gasteiger partial charge in [-0.1, -0.05) is 115 Å². The highest BCUT2D eigenvalue weighted by molar-refractivity contribution is 8.03. The zero-order valence-electron chi connectivity index (χ0n) is 35.0. The predicted octanol–water partition coefficient (Wildman–Crippen LogP) is 14.4. The van der Waals surface area contributed by atoms with Gasteiger partial charge in [0, 0.05) is 33.1 Å². The Morgan fingerprint density at radius 3 is 1.17 bits per heavy atom. The average Bonchev–Trinajstić information content (AvgIpc) is 3.05. The third kappa shape index (κ3) is 10.3. The summed E-state index contributed by atoms with van der Waals surface area (Å²) in [5.41, 5.74) is 10.6. The van der Waals surface area contributed by atoms with Crippen LogP contribution in [-0.2, 0) is 22.3 Å². The number of hydrogen-bond acceptors (Lipinski definition) is 6. The van der Waals surface area contributed by atoms with Gasteiger partial charge in [-0.15, -0.1) is 0 Å². The Hall–Kier alpha value is -3.22. The molecule has 1 saturated carbocycles. The third-order valence-corrected chi connectivity index (χ3v) is 13.8. The van der Waals surface area contributed by atoms with E-state index in [-0.39, 0.29) is 22.3 Å². The van der Waals surface area contributed by atoms with Crippen molar-refractivity contribution in [1.29, 1.82) is 0 Å². The average molecular weight is 769 g/mol. The van der Waals surface area contributed by atoms with Crippen LogP contribution < -0.4 is 9.47 Å². The number of phenolic OH excluding ortho intramolecular Hbond substituents is 2. The molecule has 0 saturated heterocycles. The quantitative estimate of drug-likeness (QED) is 0.168. The molecule has 292 valence electrons. The summed E-state index contributed by atoms with van der Waals surface area (Å²) in [6, 6.07) is 16.9. The first-order valence-corrected chi connectivity index (χ1v) is 21.9. The minimum atomic E-state index is -0.107. The largest absolute Gasteiger partial charge is 0.504 e. The number of rotatable bonds is 10. The van der Waals surface area contributed by atoms with Gasteiger partial charge < -0.3 is 19.7 Å². The summed E-state index contributed by atoms with van der Waals surface area (Å²) in [6.45, 7) is 25.8. The van der Waals surface area contributed by atoms with Crippen LogP contribution in [0.25, 0.3) is 0 Å². The maximum Gasteiger partial charge on any atom is 0.169 e. The Kier molecular flexibility index (Phi) is 13.4. The Morgan fingerprint density at radius 1 is 0.519 bits per heavy atom. The van der Waals surface area contributed by atoms with Crippen molar-refractivity contribution in [2.75, 3.05) is 0 Å². The van der Waals surface area contributed by atoms with E-state index in [1.54, 1.807) is 0 Å². The Bertz CT molecular complexity index is 1760. The summed E-state index contributed by atoms with van der Waals surface area (Å²) in [5.74, 6) is 4.57. The maximum atomic E-state index is 11.7. The molecule has 2 unspecified atom stereocenters. The molecule has 1 fully saturated rings. The van der Waals surface area contributed by atoms with Crippen LogP contribution in [0.4, 0.5) is 0 Å². The topological polar surface area (TPSA) is 58.9 Å². The molecule has 4 nitrogen and oxygen atoms in total. The molecule has 0 bridgehead atoms. The van der Waals surface area contributed by atoms with E-state index in [0.29, 0.717) is 33.5 Å². The van der Waals surface area contributed by atoms with E-state index < -0.39 is 0 Å². The molecule has 0 aliphatic heterocycles. The molecular weight excluding hydrogens is 705 g/mol. The lowest BCUT2D eigenvalue weighted by molar-refractivity contribution is 0.403. The number of thioether (sulfide) groups is 2. The SMILES string of the molecule is Cc1cc(C)c(Oc2cc(C(C)(C)C)cc(CSC3CCCCCCC3SCc3cc(C(C)(C)C)cc(Oc4c(C)cc(C)cc4C)c3O)c2O)c(C)c1. The summed E-state index contributed by atoms with van der Waals surface area (Å²) in [7, 11) is 0. The van der Waals surface area contributed by atoms with E-state index >= 15 is 0 Å². The van der Waals surface area contributed by atoms with Crippen molar-refractivity contribution in [3.05, 3.63) is 104 Å². The second kappa shape index (κ2) is 17.3. The standard InChI is InChI=1S/C48H64O4S2/c1-29-19-31(3)45(32(4)20-29)51-39-25-37(47(7,8)9)23-35(43(39)49)27-53-41-17-15-13-14-16-18-42(41)54-28-36-24-38(48(10,11)12)26-40(44(36)50)52-46-33(5)21-30(2)22-34(46)6/h19-26,41-42,49-50H,13-18,27-28H2,1-12H3. The Balaban J connectivity index is 1.41. The van der Waals surface area contributed by atoms with Crippen molar-refractivity contribution in [2.24, 2.45) is 0 Å². The lowest BCUT2D eigenvalue weighted by Crippen LogP contribution is -2.22. The molecule has 0 amide bonds. The lowest BCUT2D eigenvalue weighted by atomic mass is 9.86. The van der Waals surface area contributed by atoms with E-state index in [9.17, 15) is 10.2 Å². The van der Waals surface area contributed by atoms with Crippen LogP contribution in [0.3, 0.4) is 0 Å². The van der Waals surface area contributed by atoms with Crippen LogP contribution in [0.1, 0.15) is 136 Å². The molecule has 4 aromatic rings. The fraction of sp³-hybridized carbons (Fsp3) is 0.500. The highest BCUT2D eigenvalue weighted by Crippen LogP contribution is 2.46. The van der Waals surface area contributed by atoms with E-state index in [0.717, 1.165) is 68.8 Å². The highest BCUT2D eigenvalue weighted by atomic mass is 32.2. The monoisotopic (exact) mass is 768 g/mol. The van der Waals surface area contributed by atoms with Crippen LogP contribution >= 0.6 is 23.5 Å². The van der Waals surface area contributed by atoms with Gasteiger partial charge >= 0.3 is 0 Å². The van der Waals surface area contributed by atoms with Gasteiger partial charge in [-0.2, -0.15) is 23.5 Å². The normalized spacial score (nSPS) is 16.9. The first-order chi connectivity index (χ1) is 25.3. The molecule has 0 spiro atoms. The number of benzene rings is 4. The summed E-state index contributed by atoms with van der Waals surface area (Å²) >= 11 is 3.94. The molecule has 1 aliphatic rings. The van der Waals surface area contributed by atoms with Gasteiger partial charge in [-0.3, -0.25) is 0 Å². The van der Waals surface area contributed by atoms with E-state index in [4.69, 9.17) is 9.47 Å². The molecule has 2 N–H and O–H groups in total. The zero-order valence-corrected chi connectivity index (χ0v) is 36.6. The van der Waals surface area contributed by atoms with Gasteiger partial charge in [0.2, 0.25) is 0 Å². The molecule has 2 atom stereocenters. The molecule has 5 rings (SSSR count). The van der Waals surface area contributed by atoms with Gasteiger partial charge in [-0.25, -0.2) is 0 Å². The first-order valence-electron chi connectivity index (χ1n) is 19.8. The minimum absolute atomic E-state index is 0.107. The number of ether oxygens (including phenoxy) is 2. The molecule has 0 heterocycles. The molecule has 4 aromatic carbocycles. The fourth-order valence-corrected chi connectivity index (χ4v) is 10.7. The van der Waals surface area contributed by atoms with Gasteiger partial charge in [0.25, 0.3) is 0 Å². The lowest BCUT2D eigenvalue weighted by Gasteiger charge is -2.30. The second-order valence-electron chi connectivity index (χ2n) is 17.8. The van der Waals surface area contributed by atoms with Crippen molar-refractivity contribution in [3.8, 4) is 34.5 Å². The van der Waals surface area contributed by atoms with Crippen molar-refractivity contribution in [3.63, 3.8) is 0 Å². The van der Waals surface area contributed by atoms with Gasteiger partial charge in [-0.05, 0) is 111 Å². The summed E-state index contributed by atoms with van der Waals surface area (Å²) in [4.78, 5) is 0. The van der Waals surface area contributed by atoms with Crippen molar-refractivity contribution in [1.82, 2.24) is 0 Å². The molecule has 0 aromatic heterocycles. The molecule has 1 aliphatic carbocycles. The third-order valence-electron chi connectivity index (χ3n) is 10.7. The van der Waals surface area contributed by atoms with E-state index in [2.05, 4.69) is 119 Å². The van der Waals surface area contributed by atoms with Crippen LogP contribution in [-0.4, -0.2) is 20.7 Å². The summed E-state index contributed by atoms with van der Waals surface area (Å²) < 4.78 is 13.1. The fourth-order valence-electron chi connectivity index (χ4n) is 7.64. The smallest absolute Gasteiger partial charge is 0.169 e. The van der Waals surface area contributed by atoms with Crippen LogP contribution in [0, 0.1) is 41.5 Å². The van der Waals surface area contributed by atoms with Crippen molar-refractivity contribution >= 4 is 23.5 Å². The van der Waals surface area contributed by atoms with Gasteiger partial charge in [0.1, 0.15) is 11.5 Å². The minimum Gasteiger partial charge on any atom is -0.504 e. The number of aromatic hydroxyl groups is 2. The van der Waals surface area contributed by atoms with Crippen molar-refractivity contribution < 1.29 is 19.7 Å². The number of hydrogen-bond donors (Lipinski definition) is 2. The van der Waals surface area contributed by atoms with E-state index in [1.165, 1.54) is 36.8 Å². The van der Waals surface area contributed by atoms with E-state index in [1.807, 2.05) is 35.7 Å². The first kappa shape index (κ1) is 41.9. The summed E-state index contributed by atoms with van der Waals surface area (Å²) in [5, 5.41) is 24.3.